The number of hydrogen-bond donors (Lipinski definition) is 2. The standard InChI is InChI=1S/C20H24N2O5S/c1-20(2,3)27-19(24)17(14-21-18(23)15-10-6-4-7-11-15)22-28(25,26)16-12-8-5-9-13-16/h4-13,17,22H,14H2,1-3H3,(H,21,23). The molecule has 2 N–H and O–H groups in total. The van der Waals surface area contributed by atoms with Crippen LogP contribution in [0.1, 0.15) is 31.1 Å². The summed E-state index contributed by atoms with van der Waals surface area (Å²) in [7, 11) is -3.97. The Kier molecular flexibility index (Phi) is 6.93. The van der Waals surface area contributed by atoms with Crippen LogP contribution >= 0.6 is 0 Å². The van der Waals surface area contributed by atoms with E-state index in [0.29, 0.717) is 5.56 Å². The Balaban J connectivity index is 2.17. The third kappa shape index (κ3) is 6.47. The summed E-state index contributed by atoms with van der Waals surface area (Å²) in [6, 6.07) is 14.8. The Morgan fingerprint density at radius 1 is 0.964 bits per heavy atom. The van der Waals surface area contributed by atoms with Gasteiger partial charge in [0.15, 0.2) is 0 Å². The fourth-order valence-electron chi connectivity index (χ4n) is 2.29. The van der Waals surface area contributed by atoms with Crippen molar-refractivity contribution in [2.75, 3.05) is 6.54 Å². The number of nitrogens with one attached hydrogen (secondary N) is 2. The molecule has 8 heteroatoms. The van der Waals surface area contributed by atoms with E-state index < -0.39 is 33.5 Å². The fraction of sp³-hybridized carbons (Fsp3) is 0.300. The van der Waals surface area contributed by atoms with E-state index >= 15 is 0 Å². The normalized spacial score (nSPS) is 12.8. The van der Waals surface area contributed by atoms with Gasteiger partial charge in [-0.3, -0.25) is 9.59 Å². The summed E-state index contributed by atoms with van der Waals surface area (Å²) in [4.78, 5) is 24.8. The van der Waals surface area contributed by atoms with Gasteiger partial charge in [0.05, 0.1) is 4.90 Å². The maximum absolute atomic E-state index is 12.6. The van der Waals surface area contributed by atoms with Crippen molar-refractivity contribution in [3.05, 3.63) is 66.2 Å². The minimum atomic E-state index is -3.97. The van der Waals surface area contributed by atoms with Crippen LogP contribution in [0.3, 0.4) is 0 Å². The molecule has 0 bridgehead atoms. The second kappa shape index (κ2) is 8.99. The number of sulfonamides is 1. The first kappa shape index (κ1) is 21.6. The van der Waals surface area contributed by atoms with Crippen molar-refractivity contribution >= 4 is 21.9 Å². The number of carbonyl (C=O) groups excluding carboxylic acids is 2. The van der Waals surface area contributed by atoms with Crippen molar-refractivity contribution in [1.29, 1.82) is 0 Å². The highest BCUT2D eigenvalue weighted by Crippen LogP contribution is 2.12. The van der Waals surface area contributed by atoms with Crippen molar-refractivity contribution in [3.63, 3.8) is 0 Å². The van der Waals surface area contributed by atoms with Crippen LogP contribution in [0.25, 0.3) is 0 Å². The Hall–Kier alpha value is -2.71. The molecule has 0 aliphatic heterocycles. The molecule has 1 atom stereocenters. The molecule has 7 nitrogen and oxygen atoms in total. The van der Waals surface area contributed by atoms with E-state index in [2.05, 4.69) is 10.0 Å². The van der Waals surface area contributed by atoms with Crippen LogP contribution in [-0.4, -0.2) is 38.5 Å². The lowest BCUT2D eigenvalue weighted by Crippen LogP contribution is -2.50. The molecule has 28 heavy (non-hydrogen) atoms. The van der Waals surface area contributed by atoms with Gasteiger partial charge in [-0.05, 0) is 45.0 Å². The smallest absolute Gasteiger partial charge is 0.326 e. The molecule has 0 saturated heterocycles. The molecule has 2 rings (SSSR count). The quantitative estimate of drug-likeness (QED) is 0.688. The zero-order valence-electron chi connectivity index (χ0n) is 16.0. The van der Waals surface area contributed by atoms with Gasteiger partial charge in [-0.15, -0.1) is 0 Å². The highest BCUT2D eigenvalue weighted by molar-refractivity contribution is 7.89. The zero-order chi connectivity index (χ0) is 20.8. The van der Waals surface area contributed by atoms with E-state index in [9.17, 15) is 18.0 Å². The molecule has 0 saturated carbocycles. The number of hydrogen-bond acceptors (Lipinski definition) is 5. The highest BCUT2D eigenvalue weighted by Gasteiger charge is 2.30. The van der Waals surface area contributed by atoms with Crippen LogP contribution in [-0.2, 0) is 19.6 Å². The van der Waals surface area contributed by atoms with Gasteiger partial charge in [0.2, 0.25) is 10.0 Å². The van der Waals surface area contributed by atoms with Crippen molar-refractivity contribution in [2.24, 2.45) is 0 Å². The second-order valence-corrected chi connectivity index (χ2v) is 8.81. The summed E-state index contributed by atoms with van der Waals surface area (Å²) in [6.45, 7) is 4.78. The molecule has 0 aliphatic rings. The number of carbonyl (C=O) groups is 2. The van der Waals surface area contributed by atoms with E-state index in [4.69, 9.17) is 4.74 Å². The first-order valence-electron chi connectivity index (χ1n) is 8.72. The molecular formula is C20H24N2O5S. The molecule has 0 spiro atoms. The predicted octanol–water partition coefficient (Wildman–Crippen LogP) is 2.11. The van der Waals surface area contributed by atoms with Gasteiger partial charge >= 0.3 is 5.97 Å². The largest absolute Gasteiger partial charge is 0.459 e. The maximum Gasteiger partial charge on any atom is 0.326 e. The third-order valence-corrected chi connectivity index (χ3v) is 5.03. The minimum Gasteiger partial charge on any atom is -0.459 e. The summed E-state index contributed by atoms with van der Waals surface area (Å²) >= 11 is 0. The molecule has 0 radical (unpaired) electrons. The van der Waals surface area contributed by atoms with Crippen molar-refractivity contribution < 1.29 is 22.7 Å². The van der Waals surface area contributed by atoms with Gasteiger partial charge in [0.1, 0.15) is 11.6 Å². The van der Waals surface area contributed by atoms with Crippen LogP contribution in [0.2, 0.25) is 0 Å². The number of amides is 1. The second-order valence-electron chi connectivity index (χ2n) is 7.10. The summed E-state index contributed by atoms with van der Waals surface area (Å²) in [5.74, 6) is -1.20. The van der Waals surface area contributed by atoms with Crippen molar-refractivity contribution in [2.45, 2.75) is 37.3 Å². The molecule has 150 valence electrons. The van der Waals surface area contributed by atoms with Gasteiger partial charge in [0, 0.05) is 12.1 Å². The highest BCUT2D eigenvalue weighted by atomic mass is 32.2. The molecule has 2 aromatic rings. The minimum absolute atomic E-state index is 0.0120. The summed E-state index contributed by atoms with van der Waals surface area (Å²) < 4.78 is 32.8. The van der Waals surface area contributed by atoms with Crippen LogP contribution in [0, 0.1) is 0 Å². The first-order valence-corrected chi connectivity index (χ1v) is 10.2. The van der Waals surface area contributed by atoms with Crippen LogP contribution in [0.5, 0.6) is 0 Å². The Morgan fingerprint density at radius 3 is 2.04 bits per heavy atom. The van der Waals surface area contributed by atoms with Crippen molar-refractivity contribution in [3.8, 4) is 0 Å². The van der Waals surface area contributed by atoms with Crippen LogP contribution in [0.4, 0.5) is 0 Å². The molecule has 2 aromatic carbocycles. The van der Waals surface area contributed by atoms with Crippen molar-refractivity contribution in [1.82, 2.24) is 10.0 Å². The molecule has 0 heterocycles. The Labute approximate surface area is 165 Å². The van der Waals surface area contributed by atoms with Crippen LogP contribution < -0.4 is 10.0 Å². The van der Waals surface area contributed by atoms with Gasteiger partial charge in [-0.2, -0.15) is 4.72 Å². The third-order valence-electron chi connectivity index (χ3n) is 3.54. The molecule has 1 amide bonds. The average Bonchev–Trinajstić information content (AvgIpc) is 2.64. The van der Waals surface area contributed by atoms with Gasteiger partial charge < -0.3 is 10.1 Å². The van der Waals surface area contributed by atoms with Gasteiger partial charge in [-0.25, -0.2) is 8.42 Å². The Morgan fingerprint density at radius 2 is 1.50 bits per heavy atom. The molecule has 0 aliphatic carbocycles. The fourth-order valence-corrected chi connectivity index (χ4v) is 3.49. The lowest BCUT2D eigenvalue weighted by Gasteiger charge is -2.24. The van der Waals surface area contributed by atoms with E-state index in [0.717, 1.165) is 0 Å². The zero-order valence-corrected chi connectivity index (χ0v) is 16.8. The molecule has 1 unspecified atom stereocenters. The van der Waals surface area contributed by atoms with Crippen LogP contribution in [0.15, 0.2) is 65.6 Å². The number of ether oxygens (including phenoxy) is 1. The lowest BCUT2D eigenvalue weighted by atomic mass is 10.2. The lowest BCUT2D eigenvalue weighted by molar-refractivity contribution is -0.156. The summed E-state index contributed by atoms with van der Waals surface area (Å²) in [6.07, 6.45) is 0. The van der Waals surface area contributed by atoms with E-state index in [1.54, 1.807) is 69.3 Å². The van der Waals surface area contributed by atoms with Gasteiger partial charge in [0.25, 0.3) is 5.91 Å². The number of benzene rings is 2. The molecule has 0 fully saturated rings. The van der Waals surface area contributed by atoms with E-state index in [-0.39, 0.29) is 11.4 Å². The predicted molar refractivity (Wildman–Crippen MR) is 105 cm³/mol. The van der Waals surface area contributed by atoms with E-state index in [1.165, 1.54) is 12.1 Å². The topological polar surface area (TPSA) is 102 Å². The summed E-state index contributed by atoms with van der Waals surface area (Å²) in [5, 5.41) is 2.57. The maximum atomic E-state index is 12.6. The monoisotopic (exact) mass is 404 g/mol. The molecular weight excluding hydrogens is 380 g/mol. The van der Waals surface area contributed by atoms with E-state index in [1.807, 2.05) is 0 Å². The van der Waals surface area contributed by atoms with Gasteiger partial charge in [-0.1, -0.05) is 36.4 Å². The SMILES string of the molecule is CC(C)(C)OC(=O)C(CNC(=O)c1ccccc1)NS(=O)(=O)c1ccccc1. The Bertz CT molecular complexity index is 907. The average molecular weight is 404 g/mol. The number of rotatable bonds is 7. The summed E-state index contributed by atoms with van der Waals surface area (Å²) in [5.41, 5.74) is -0.409. The molecule has 0 aromatic heterocycles. The first-order chi connectivity index (χ1) is 13.1. The number of esters is 1.